The van der Waals surface area contributed by atoms with Crippen molar-refractivity contribution in [2.24, 2.45) is 51.2 Å². The van der Waals surface area contributed by atoms with Gasteiger partial charge in [0, 0.05) is 42.9 Å². The molecule has 0 saturated carbocycles. The summed E-state index contributed by atoms with van der Waals surface area (Å²) in [6.45, 7) is 9.10. The van der Waals surface area contributed by atoms with E-state index in [4.69, 9.17) is 34.4 Å². The number of amides is 9. The number of aromatic amines is 1. The number of aromatic hydroxyl groups is 1. The van der Waals surface area contributed by atoms with Crippen molar-refractivity contribution < 1.29 is 58.2 Å². The molecule has 1 aromatic heterocycles. The molecule has 0 bridgehead atoms. The lowest BCUT2D eigenvalue weighted by atomic mass is 9.98. The van der Waals surface area contributed by atoms with E-state index in [1.165, 1.54) is 31.2 Å². The van der Waals surface area contributed by atoms with Crippen molar-refractivity contribution in [3.05, 3.63) is 102 Å². The highest BCUT2D eigenvalue weighted by Gasteiger charge is 2.37. The zero-order valence-corrected chi connectivity index (χ0v) is 55.1. The quantitative estimate of drug-likeness (QED) is 0.0150. The van der Waals surface area contributed by atoms with Crippen LogP contribution < -0.4 is 82.3 Å². The molecule has 0 unspecified atom stereocenters. The highest BCUT2D eigenvalue weighted by atomic mass is 16.4. The first-order valence-corrected chi connectivity index (χ1v) is 32.5. The Bertz CT molecular complexity index is 3160. The molecule has 0 aliphatic carbocycles. The second kappa shape index (κ2) is 40.8. The Kier molecular flexibility index (Phi) is 33.6. The molecule has 0 fully saturated rings. The van der Waals surface area contributed by atoms with Gasteiger partial charge in [-0.05, 0) is 137 Å². The number of carbonyl (C=O) groups is 10. The van der Waals surface area contributed by atoms with Crippen LogP contribution in [0.25, 0.3) is 10.9 Å². The first-order valence-electron chi connectivity index (χ1n) is 32.5. The minimum absolute atomic E-state index is 0.0360. The Morgan fingerprint density at radius 2 is 0.874 bits per heavy atom. The van der Waals surface area contributed by atoms with Crippen LogP contribution in [0.2, 0.25) is 0 Å². The molecule has 0 aliphatic rings. The molecule has 0 aliphatic heterocycles. The Morgan fingerprint density at radius 3 is 1.41 bits per heavy atom. The molecule has 0 saturated heterocycles. The summed E-state index contributed by atoms with van der Waals surface area (Å²) in [6.07, 6.45) is 5.11. The van der Waals surface area contributed by atoms with Crippen molar-refractivity contribution >= 4 is 76.0 Å². The Hall–Kier alpha value is -9.19. The van der Waals surface area contributed by atoms with Gasteiger partial charge in [-0.3, -0.25) is 48.1 Å². The number of aliphatic imine (C=N–C) groups is 1. The van der Waals surface area contributed by atoms with Crippen LogP contribution in [0.5, 0.6) is 5.75 Å². The largest absolute Gasteiger partial charge is 0.508 e. The number of rotatable bonds is 43. The van der Waals surface area contributed by atoms with Crippen molar-refractivity contribution in [2.75, 3.05) is 26.2 Å². The minimum atomic E-state index is -1.44. The number of benzene rings is 3. The molecular formula is C66H101N17O12. The van der Waals surface area contributed by atoms with Crippen LogP contribution >= 0.6 is 0 Å². The van der Waals surface area contributed by atoms with Crippen molar-refractivity contribution in [3.8, 4) is 5.75 Å². The number of carboxylic acids is 1. The fraction of sp³-hybridized carbons (Fsp3) is 0.530. The third-order valence-corrected chi connectivity index (χ3v) is 15.9. The van der Waals surface area contributed by atoms with Gasteiger partial charge in [0.2, 0.25) is 53.2 Å². The van der Waals surface area contributed by atoms with Gasteiger partial charge in [0.05, 0.1) is 6.04 Å². The lowest BCUT2D eigenvalue weighted by Gasteiger charge is -2.30. The van der Waals surface area contributed by atoms with Crippen LogP contribution in [0.3, 0.4) is 0 Å². The molecule has 4 aromatic rings. The van der Waals surface area contributed by atoms with Gasteiger partial charge < -0.3 is 97.5 Å². The molecule has 3 aromatic carbocycles. The summed E-state index contributed by atoms with van der Waals surface area (Å²) in [5, 5.41) is 45.2. The monoisotopic (exact) mass is 1320 g/mol. The third-order valence-electron chi connectivity index (χ3n) is 15.9. The molecule has 24 N–H and O–H groups in total. The summed E-state index contributed by atoms with van der Waals surface area (Å²) in [5.41, 5.74) is 36.8. The number of aliphatic carboxylic acids is 1. The van der Waals surface area contributed by atoms with Crippen LogP contribution in [0.4, 0.5) is 0 Å². The van der Waals surface area contributed by atoms with Crippen molar-refractivity contribution in [2.45, 2.75) is 185 Å². The summed E-state index contributed by atoms with van der Waals surface area (Å²) in [6, 6.07) is 8.99. The average Bonchev–Trinajstić information content (AvgIpc) is 1.78. The van der Waals surface area contributed by atoms with E-state index in [1.54, 1.807) is 70.3 Å². The van der Waals surface area contributed by atoms with E-state index in [1.807, 2.05) is 18.2 Å². The van der Waals surface area contributed by atoms with Crippen LogP contribution in [-0.4, -0.2) is 167 Å². The number of nitrogens with two attached hydrogens (primary N) is 6. The number of H-pyrrole nitrogens is 1. The maximum absolute atomic E-state index is 14.8. The van der Waals surface area contributed by atoms with E-state index in [2.05, 4.69) is 57.8 Å². The first-order chi connectivity index (χ1) is 45.3. The number of hydrogen-bond donors (Lipinski definition) is 18. The number of phenols is 1. The highest BCUT2D eigenvalue weighted by Crippen LogP contribution is 2.21. The zero-order valence-electron chi connectivity index (χ0n) is 55.1. The number of aromatic nitrogens is 1. The van der Waals surface area contributed by atoms with Crippen LogP contribution in [0, 0.1) is 11.8 Å². The summed E-state index contributed by atoms with van der Waals surface area (Å²) in [7, 11) is 0. The van der Waals surface area contributed by atoms with E-state index in [9.17, 15) is 58.2 Å². The maximum Gasteiger partial charge on any atom is 0.326 e. The number of unbranched alkanes of at least 4 members (excludes halogenated alkanes) is 3. The van der Waals surface area contributed by atoms with Crippen molar-refractivity contribution in [3.63, 3.8) is 0 Å². The maximum atomic E-state index is 14.8. The number of fused-ring (bicyclic) bond motifs is 1. The Balaban J connectivity index is 1.59. The number of phenolic OH excluding ortho intramolecular Hbond substituents is 1. The lowest BCUT2D eigenvalue weighted by Crippen LogP contribution is -2.62. The van der Waals surface area contributed by atoms with Gasteiger partial charge in [0.1, 0.15) is 60.1 Å². The Morgan fingerprint density at radius 1 is 0.453 bits per heavy atom. The molecule has 0 spiro atoms. The standard InChI is InChI=1S/C66H101N17O12/c1-38(2)54(63(92)75-40(5)56(85)79-53(36-43-37-74-47-22-10-9-20-45(43)47)61(90)77-48(23-12-15-31-68)58(87)78-50(65(94)95)24-13-16-32-69)83-64(93)55(39(3)4)82-62(91)52(35-42-26-28-44(84)29-27-42)81-60(89)51(34-41-18-7-6-8-19-41)80-59(88)49(25-17-33-73-66(71)72)76-57(86)46(70)21-11-14-30-67/h6-10,18-20,22,26-29,37-40,46,48-55,74,84H,11-17,21,23-25,30-36,67-70H2,1-5H3,(H,75,92)(H,76,86)(H,77,90)(H,78,87)(H,79,85)(H,80,88)(H,81,89)(H,82,91)(H,83,93)(H,94,95)(H4,71,72,73)/t40-,46+,48-,49-,50+,51-,52-,53-,54-,55-/m0/s1. The van der Waals surface area contributed by atoms with Crippen LogP contribution in [0.1, 0.15) is 122 Å². The molecule has 95 heavy (non-hydrogen) atoms. The van der Waals surface area contributed by atoms with Gasteiger partial charge in [-0.25, -0.2) is 4.79 Å². The smallest absolute Gasteiger partial charge is 0.326 e. The van der Waals surface area contributed by atoms with Gasteiger partial charge in [0.15, 0.2) is 5.96 Å². The number of hydrogen-bond acceptors (Lipinski definition) is 16. The number of carbonyl (C=O) groups excluding carboxylic acids is 9. The van der Waals surface area contributed by atoms with Gasteiger partial charge in [-0.15, -0.1) is 0 Å². The summed E-state index contributed by atoms with van der Waals surface area (Å²) >= 11 is 0. The molecule has 29 heteroatoms. The molecular weight excluding hydrogens is 1220 g/mol. The van der Waals surface area contributed by atoms with Crippen molar-refractivity contribution in [1.29, 1.82) is 0 Å². The zero-order chi connectivity index (χ0) is 70.1. The molecule has 522 valence electrons. The Labute approximate surface area is 554 Å². The predicted octanol–water partition coefficient (Wildman–Crippen LogP) is -0.551. The molecule has 9 amide bonds. The van der Waals surface area contributed by atoms with Gasteiger partial charge in [0.25, 0.3) is 0 Å². The minimum Gasteiger partial charge on any atom is -0.508 e. The summed E-state index contributed by atoms with van der Waals surface area (Å²) in [4.78, 5) is 148. The third kappa shape index (κ3) is 27.0. The number of nitrogens with one attached hydrogen (secondary N) is 10. The molecule has 10 atom stereocenters. The second-order valence-corrected chi connectivity index (χ2v) is 24.4. The topological polar surface area (TPSA) is 504 Å². The first kappa shape index (κ1) is 78.3. The normalized spacial score (nSPS) is 14.4. The van der Waals surface area contributed by atoms with E-state index < -0.39 is 131 Å². The lowest BCUT2D eigenvalue weighted by molar-refractivity contribution is -0.142. The molecule has 29 nitrogen and oxygen atoms in total. The van der Waals surface area contributed by atoms with Gasteiger partial charge in [-0.1, -0.05) is 94.8 Å². The molecule has 1 heterocycles. The van der Waals surface area contributed by atoms with Gasteiger partial charge in [-0.2, -0.15) is 0 Å². The molecule has 0 radical (unpaired) electrons. The van der Waals surface area contributed by atoms with E-state index in [0.29, 0.717) is 74.7 Å². The SMILES string of the molecule is CC(C)[C@H](NC(=O)[C@H](Cc1ccc(O)cc1)NC(=O)[C@H](Cc1ccccc1)NC(=O)[C@H](CCCN=C(N)N)NC(=O)[C@H](N)CCCCN)C(=O)N[C@H](C(=O)N[C@@H](C)C(=O)N[C@@H](Cc1c[nH]c2ccccc12)C(=O)N[C@@H](CCCCN)C(=O)N[C@H](CCCCN)C(=O)O)C(C)C. The van der Waals surface area contributed by atoms with E-state index in [0.717, 1.165) is 10.9 Å². The number of guanidine groups is 1. The number of nitrogens with zero attached hydrogens (tertiary/aromatic N) is 1. The predicted molar refractivity (Wildman–Crippen MR) is 361 cm³/mol. The fourth-order valence-electron chi connectivity index (χ4n) is 10.4. The van der Waals surface area contributed by atoms with Crippen LogP contribution in [0.15, 0.2) is 90.1 Å². The fourth-order valence-corrected chi connectivity index (χ4v) is 10.4. The average molecular weight is 1320 g/mol. The van der Waals surface area contributed by atoms with Crippen molar-refractivity contribution in [1.82, 2.24) is 52.8 Å². The molecule has 4 rings (SSSR count). The highest BCUT2D eigenvalue weighted by molar-refractivity contribution is 5.99. The van der Waals surface area contributed by atoms with Crippen LogP contribution in [-0.2, 0) is 67.2 Å². The number of para-hydroxylation sites is 1. The summed E-state index contributed by atoms with van der Waals surface area (Å²) < 4.78 is 0. The summed E-state index contributed by atoms with van der Waals surface area (Å²) in [5.74, 6) is -9.75. The van der Waals surface area contributed by atoms with E-state index in [-0.39, 0.29) is 69.7 Å². The number of carboxylic acid groups (broad SMARTS) is 1. The van der Waals surface area contributed by atoms with E-state index >= 15 is 0 Å². The van der Waals surface area contributed by atoms with Gasteiger partial charge >= 0.3 is 5.97 Å². The second-order valence-electron chi connectivity index (χ2n) is 24.4.